The van der Waals surface area contributed by atoms with Gasteiger partial charge in [-0.25, -0.2) is 14.6 Å². The van der Waals surface area contributed by atoms with Gasteiger partial charge < -0.3 is 10.1 Å². The molecule has 0 unspecified atom stereocenters. The molecule has 4 rings (SSSR count). The van der Waals surface area contributed by atoms with E-state index < -0.39 is 12.0 Å². The van der Waals surface area contributed by atoms with Crippen molar-refractivity contribution >= 4 is 51.6 Å². The number of anilines is 2. The Morgan fingerprint density at radius 3 is 2.78 bits per heavy atom. The van der Waals surface area contributed by atoms with Gasteiger partial charge in [-0.05, 0) is 24.3 Å². The molecule has 0 saturated heterocycles. The van der Waals surface area contributed by atoms with Gasteiger partial charge in [-0.2, -0.15) is 0 Å². The molecule has 0 fully saturated rings. The molecular formula is C20H16N6O4S2. The van der Waals surface area contributed by atoms with E-state index in [0.717, 1.165) is 0 Å². The van der Waals surface area contributed by atoms with Crippen molar-refractivity contribution in [2.24, 2.45) is 0 Å². The number of rotatable bonds is 6. The van der Waals surface area contributed by atoms with Crippen LogP contribution in [0.15, 0.2) is 63.9 Å². The predicted molar refractivity (Wildman–Crippen MR) is 121 cm³/mol. The molecule has 2 N–H and O–H groups in total. The first-order chi connectivity index (χ1) is 15.5. The molecule has 0 bridgehead atoms. The summed E-state index contributed by atoms with van der Waals surface area (Å²) in [4.78, 5) is 40.8. The van der Waals surface area contributed by atoms with Crippen LogP contribution < -0.4 is 16.2 Å². The lowest BCUT2D eigenvalue weighted by Crippen LogP contribution is -2.21. The molecule has 0 spiro atoms. The number of hydrogen-bond acceptors (Lipinski definition) is 9. The number of methoxy groups -OCH3 is 1. The summed E-state index contributed by atoms with van der Waals surface area (Å²) in [6, 6.07) is 12.8. The predicted octanol–water partition coefficient (Wildman–Crippen LogP) is 3.27. The maximum atomic E-state index is 12.3. The second-order valence-corrected chi connectivity index (χ2v) is 8.49. The number of aromatic nitrogens is 4. The molecule has 3 heterocycles. The molecule has 0 saturated carbocycles. The van der Waals surface area contributed by atoms with Crippen molar-refractivity contribution in [1.29, 1.82) is 0 Å². The number of nitrogens with zero attached hydrogens (tertiary/aromatic N) is 4. The Morgan fingerprint density at radius 2 is 1.94 bits per heavy atom. The topological polar surface area (TPSA) is 128 Å². The van der Waals surface area contributed by atoms with Crippen LogP contribution in [0.1, 0.15) is 16.1 Å². The van der Waals surface area contributed by atoms with E-state index in [9.17, 15) is 14.4 Å². The number of fused-ring (bicyclic) bond motifs is 1. The number of para-hydroxylation sites is 1. The van der Waals surface area contributed by atoms with Crippen LogP contribution in [0.5, 0.6) is 0 Å². The molecule has 0 atom stereocenters. The molecule has 162 valence electrons. The first kappa shape index (κ1) is 21.5. The summed E-state index contributed by atoms with van der Waals surface area (Å²) in [5.41, 5.74) is 1.57. The zero-order valence-corrected chi connectivity index (χ0v) is 18.3. The fourth-order valence-corrected chi connectivity index (χ4v) is 4.40. The van der Waals surface area contributed by atoms with Crippen molar-refractivity contribution in [3.63, 3.8) is 0 Å². The Morgan fingerprint density at radius 1 is 1.12 bits per heavy atom. The Kier molecular flexibility index (Phi) is 6.42. The van der Waals surface area contributed by atoms with Crippen LogP contribution in [0.4, 0.5) is 15.6 Å². The summed E-state index contributed by atoms with van der Waals surface area (Å²) >= 11 is 2.53. The van der Waals surface area contributed by atoms with Crippen LogP contribution in [0.3, 0.4) is 0 Å². The second kappa shape index (κ2) is 9.58. The minimum atomic E-state index is -0.571. The number of carbonyl (C=O) groups is 2. The number of carbonyl (C=O) groups excluding carboxylic acids is 2. The molecule has 0 radical (unpaired) electrons. The Balaban J connectivity index is 1.38. The van der Waals surface area contributed by atoms with Crippen LogP contribution in [0.25, 0.3) is 5.65 Å². The molecule has 2 amide bonds. The highest BCUT2D eigenvalue weighted by atomic mass is 32.2. The van der Waals surface area contributed by atoms with Gasteiger partial charge in [0.1, 0.15) is 5.65 Å². The number of amides is 2. The number of thioether (sulfide) groups is 1. The lowest BCUT2D eigenvalue weighted by molar-refractivity contribution is 0.0602. The van der Waals surface area contributed by atoms with Crippen molar-refractivity contribution in [1.82, 2.24) is 19.6 Å². The lowest BCUT2D eigenvalue weighted by Gasteiger charge is -2.09. The molecule has 3 aromatic heterocycles. The van der Waals surface area contributed by atoms with Gasteiger partial charge in [-0.3, -0.25) is 14.5 Å². The number of pyridine rings is 1. The molecular weight excluding hydrogens is 452 g/mol. The fraction of sp³-hybridized carbons (Fsp3) is 0.100. The van der Waals surface area contributed by atoms with Crippen molar-refractivity contribution in [2.75, 3.05) is 17.7 Å². The largest absolute Gasteiger partial charge is 0.465 e. The monoisotopic (exact) mass is 468 g/mol. The van der Waals surface area contributed by atoms with Crippen LogP contribution in [0, 0.1) is 0 Å². The molecule has 12 heteroatoms. The molecule has 1 aromatic carbocycles. The van der Waals surface area contributed by atoms with Gasteiger partial charge in [0.25, 0.3) is 5.56 Å². The average Bonchev–Trinajstić information content (AvgIpc) is 3.24. The van der Waals surface area contributed by atoms with E-state index in [4.69, 9.17) is 4.74 Å². The van der Waals surface area contributed by atoms with E-state index in [1.807, 2.05) is 6.07 Å². The number of ether oxygens (including phenoxy) is 1. The molecule has 10 nitrogen and oxygen atoms in total. The summed E-state index contributed by atoms with van der Waals surface area (Å²) in [5.74, 6) is -0.133. The normalized spacial score (nSPS) is 10.7. The lowest BCUT2D eigenvalue weighted by atomic mass is 10.2. The summed E-state index contributed by atoms with van der Waals surface area (Å²) in [6.45, 7) is 0. The Bertz CT molecular complexity index is 1350. The van der Waals surface area contributed by atoms with Crippen molar-refractivity contribution < 1.29 is 14.3 Å². The minimum absolute atomic E-state index is 0.158. The van der Waals surface area contributed by atoms with E-state index >= 15 is 0 Å². The quantitative estimate of drug-likeness (QED) is 0.251. The summed E-state index contributed by atoms with van der Waals surface area (Å²) in [5, 5.41) is 13.5. The smallest absolute Gasteiger partial charge is 0.339 e. The van der Waals surface area contributed by atoms with E-state index in [0.29, 0.717) is 27.1 Å². The zero-order valence-electron chi connectivity index (χ0n) is 16.6. The van der Waals surface area contributed by atoms with E-state index in [2.05, 4.69) is 25.8 Å². The standard InChI is InChI=1S/C20H16N6O4S2/c1-30-17(28)13-6-2-3-7-14(13)22-18(29)23-19-24-25-20(32-19)31-11-12-10-16(27)26-9-5-4-8-15(26)21-12/h2-10H,11H2,1H3,(H2,22,23,24,29). The highest BCUT2D eigenvalue weighted by Crippen LogP contribution is 2.28. The highest BCUT2D eigenvalue weighted by molar-refractivity contribution is 8.00. The highest BCUT2D eigenvalue weighted by Gasteiger charge is 2.15. The first-order valence-corrected chi connectivity index (χ1v) is 11.0. The van der Waals surface area contributed by atoms with Crippen LogP contribution in [-0.4, -0.2) is 38.7 Å². The summed E-state index contributed by atoms with van der Waals surface area (Å²) in [6.07, 6.45) is 1.67. The average molecular weight is 469 g/mol. The third-order valence-corrected chi connectivity index (χ3v) is 6.18. The van der Waals surface area contributed by atoms with E-state index in [1.165, 1.54) is 40.7 Å². The Hall–Kier alpha value is -3.77. The number of benzene rings is 1. The minimum Gasteiger partial charge on any atom is -0.465 e. The van der Waals surface area contributed by atoms with Crippen LogP contribution in [0.2, 0.25) is 0 Å². The molecule has 32 heavy (non-hydrogen) atoms. The molecule has 0 aliphatic heterocycles. The SMILES string of the molecule is COC(=O)c1ccccc1NC(=O)Nc1nnc(SCc2cc(=O)n3ccccc3n2)s1. The number of hydrogen-bond donors (Lipinski definition) is 2. The van der Waals surface area contributed by atoms with E-state index in [-0.39, 0.29) is 16.3 Å². The van der Waals surface area contributed by atoms with Gasteiger partial charge in [0, 0.05) is 18.0 Å². The molecule has 0 aliphatic carbocycles. The van der Waals surface area contributed by atoms with Crippen molar-refractivity contribution in [2.45, 2.75) is 10.1 Å². The number of esters is 1. The van der Waals surface area contributed by atoms with Crippen LogP contribution >= 0.6 is 23.1 Å². The third kappa shape index (κ3) is 4.92. The van der Waals surface area contributed by atoms with Crippen molar-refractivity contribution in [3.05, 3.63) is 76.3 Å². The van der Waals surface area contributed by atoms with Gasteiger partial charge in [0.05, 0.1) is 24.1 Å². The summed E-state index contributed by atoms with van der Waals surface area (Å²) in [7, 11) is 1.27. The van der Waals surface area contributed by atoms with Gasteiger partial charge in [0.2, 0.25) is 5.13 Å². The Labute approximate surface area is 189 Å². The van der Waals surface area contributed by atoms with Gasteiger partial charge >= 0.3 is 12.0 Å². The van der Waals surface area contributed by atoms with Crippen molar-refractivity contribution in [3.8, 4) is 0 Å². The van der Waals surface area contributed by atoms with Gasteiger partial charge in [0.15, 0.2) is 4.34 Å². The third-order valence-electron chi connectivity index (χ3n) is 4.18. The zero-order chi connectivity index (χ0) is 22.5. The fourth-order valence-electron chi connectivity index (χ4n) is 2.76. The molecule has 0 aliphatic rings. The summed E-state index contributed by atoms with van der Waals surface area (Å²) < 4.78 is 6.79. The van der Waals surface area contributed by atoms with Crippen LogP contribution in [-0.2, 0) is 10.5 Å². The van der Waals surface area contributed by atoms with Gasteiger partial charge in [-0.15, -0.1) is 10.2 Å². The molecule has 4 aromatic rings. The number of urea groups is 1. The second-order valence-electron chi connectivity index (χ2n) is 6.29. The first-order valence-electron chi connectivity index (χ1n) is 9.22. The van der Waals surface area contributed by atoms with Gasteiger partial charge in [-0.1, -0.05) is 41.3 Å². The maximum Gasteiger partial charge on any atom is 0.339 e. The maximum absolute atomic E-state index is 12.3. The number of nitrogens with one attached hydrogen (secondary N) is 2. The van der Waals surface area contributed by atoms with E-state index in [1.54, 1.807) is 42.6 Å².